The van der Waals surface area contributed by atoms with Crippen LogP contribution in [0, 0.1) is 0 Å². The van der Waals surface area contributed by atoms with Crippen molar-refractivity contribution in [2.75, 3.05) is 6.54 Å². The lowest BCUT2D eigenvalue weighted by Crippen LogP contribution is -2.52. The van der Waals surface area contributed by atoms with E-state index < -0.39 is 15.6 Å². The van der Waals surface area contributed by atoms with E-state index >= 15 is 0 Å². The molecule has 1 aromatic heterocycles. The Morgan fingerprint density at radius 2 is 1.92 bits per heavy atom. The van der Waals surface area contributed by atoms with Crippen LogP contribution in [-0.4, -0.2) is 26.4 Å². The zero-order valence-electron chi connectivity index (χ0n) is 15.0. The minimum Gasteiger partial charge on any atom is -0.345 e. The van der Waals surface area contributed by atoms with E-state index in [1.807, 2.05) is 31.4 Å². The average molecular weight is 396 g/mol. The van der Waals surface area contributed by atoms with Crippen LogP contribution in [0.1, 0.15) is 41.9 Å². The number of hydrogen-bond donors (Lipinski definition) is 3. The second kappa shape index (κ2) is 8.77. The standard InChI is InChI=1S/C18H25N3O3S2/c1-3-18(4-2,13-19)21-17(22)14-7-5-9-16(11-14)26(23,24)20-12-15-8-6-10-25-15/h5-11,20H,3-4,12-13,19H2,1-2H3,(H,21,22). The minimum absolute atomic E-state index is 0.0630. The predicted molar refractivity (Wildman–Crippen MR) is 105 cm³/mol. The Labute approximate surface area is 158 Å². The summed E-state index contributed by atoms with van der Waals surface area (Å²) in [5.74, 6) is -0.325. The number of carbonyl (C=O) groups is 1. The molecule has 8 heteroatoms. The van der Waals surface area contributed by atoms with Crippen LogP contribution in [0.2, 0.25) is 0 Å². The molecule has 2 rings (SSSR count). The molecule has 0 saturated carbocycles. The van der Waals surface area contributed by atoms with Crippen molar-refractivity contribution in [1.29, 1.82) is 0 Å². The minimum atomic E-state index is -3.70. The average Bonchev–Trinajstić information content (AvgIpc) is 3.18. The molecule has 0 atom stereocenters. The largest absolute Gasteiger partial charge is 0.345 e. The fourth-order valence-corrected chi connectivity index (χ4v) is 4.33. The molecule has 1 aromatic carbocycles. The first-order valence-electron chi connectivity index (χ1n) is 8.50. The SMILES string of the molecule is CCC(CC)(CN)NC(=O)c1cccc(S(=O)(=O)NCc2cccs2)c1. The summed E-state index contributed by atoms with van der Waals surface area (Å²) in [6.45, 7) is 4.47. The molecule has 6 nitrogen and oxygen atoms in total. The van der Waals surface area contributed by atoms with Crippen LogP contribution in [0.15, 0.2) is 46.7 Å². The Morgan fingerprint density at radius 1 is 1.19 bits per heavy atom. The molecule has 0 aliphatic carbocycles. The lowest BCUT2D eigenvalue weighted by atomic mass is 9.92. The smallest absolute Gasteiger partial charge is 0.251 e. The molecular weight excluding hydrogens is 370 g/mol. The molecule has 1 amide bonds. The lowest BCUT2D eigenvalue weighted by Gasteiger charge is -2.31. The molecule has 0 spiro atoms. The van der Waals surface area contributed by atoms with Crippen LogP contribution < -0.4 is 15.8 Å². The van der Waals surface area contributed by atoms with Crippen molar-refractivity contribution < 1.29 is 13.2 Å². The van der Waals surface area contributed by atoms with Gasteiger partial charge in [-0.25, -0.2) is 13.1 Å². The third-order valence-corrected chi connectivity index (χ3v) is 6.82. The molecule has 0 unspecified atom stereocenters. The molecule has 1 heterocycles. The number of carbonyl (C=O) groups excluding carboxylic acids is 1. The topological polar surface area (TPSA) is 101 Å². The van der Waals surface area contributed by atoms with Crippen molar-refractivity contribution in [3.05, 3.63) is 52.2 Å². The van der Waals surface area contributed by atoms with Crippen LogP contribution in [0.4, 0.5) is 0 Å². The molecular formula is C18H25N3O3S2. The Bertz CT molecular complexity index is 821. The van der Waals surface area contributed by atoms with Gasteiger partial charge in [-0.1, -0.05) is 26.0 Å². The van der Waals surface area contributed by atoms with E-state index in [-0.39, 0.29) is 17.3 Å². The first-order chi connectivity index (χ1) is 12.4. The number of hydrogen-bond acceptors (Lipinski definition) is 5. The van der Waals surface area contributed by atoms with Gasteiger partial charge in [-0.15, -0.1) is 11.3 Å². The second-order valence-corrected chi connectivity index (χ2v) is 8.88. The highest BCUT2D eigenvalue weighted by Crippen LogP contribution is 2.17. The van der Waals surface area contributed by atoms with Gasteiger partial charge in [-0.05, 0) is 42.5 Å². The van der Waals surface area contributed by atoms with Gasteiger partial charge in [0.25, 0.3) is 5.91 Å². The Morgan fingerprint density at radius 3 is 2.50 bits per heavy atom. The highest BCUT2D eigenvalue weighted by Gasteiger charge is 2.27. The first-order valence-corrected chi connectivity index (χ1v) is 10.9. The van der Waals surface area contributed by atoms with Crippen LogP contribution in [0.3, 0.4) is 0 Å². The normalized spacial score (nSPS) is 12.1. The molecule has 0 aliphatic rings. The number of rotatable bonds is 9. The number of benzene rings is 1. The Kier molecular flexibility index (Phi) is 6.94. The van der Waals surface area contributed by atoms with Gasteiger partial charge in [0.15, 0.2) is 0 Å². The number of nitrogens with one attached hydrogen (secondary N) is 2. The number of nitrogens with two attached hydrogens (primary N) is 1. The van der Waals surface area contributed by atoms with Gasteiger partial charge < -0.3 is 11.1 Å². The van der Waals surface area contributed by atoms with E-state index in [9.17, 15) is 13.2 Å². The molecule has 26 heavy (non-hydrogen) atoms. The Hall–Kier alpha value is -1.74. The molecule has 0 radical (unpaired) electrons. The van der Waals surface area contributed by atoms with Crippen molar-refractivity contribution in [3.8, 4) is 0 Å². The summed E-state index contributed by atoms with van der Waals surface area (Å²) in [7, 11) is -3.70. The van der Waals surface area contributed by atoms with Crippen LogP contribution in [0.5, 0.6) is 0 Å². The third-order valence-electron chi connectivity index (χ3n) is 4.55. The van der Waals surface area contributed by atoms with Gasteiger partial charge in [-0.3, -0.25) is 4.79 Å². The monoisotopic (exact) mass is 395 g/mol. The van der Waals surface area contributed by atoms with E-state index in [1.54, 1.807) is 12.1 Å². The molecule has 2 aromatic rings. The van der Waals surface area contributed by atoms with Crippen LogP contribution in [0.25, 0.3) is 0 Å². The summed E-state index contributed by atoms with van der Waals surface area (Å²) in [6, 6.07) is 9.75. The predicted octanol–water partition coefficient (Wildman–Crippen LogP) is 2.47. The van der Waals surface area contributed by atoms with E-state index in [4.69, 9.17) is 5.73 Å². The third kappa shape index (κ3) is 4.91. The van der Waals surface area contributed by atoms with Crippen LogP contribution in [-0.2, 0) is 16.6 Å². The summed E-state index contributed by atoms with van der Waals surface area (Å²) in [4.78, 5) is 13.6. The molecule has 0 aliphatic heterocycles. The summed E-state index contributed by atoms with van der Waals surface area (Å²) in [5, 5.41) is 4.84. The number of sulfonamides is 1. The summed E-state index contributed by atoms with van der Waals surface area (Å²) in [5.41, 5.74) is 5.63. The van der Waals surface area contributed by atoms with Gasteiger partial charge in [0.1, 0.15) is 0 Å². The van der Waals surface area contributed by atoms with E-state index in [0.717, 1.165) is 4.88 Å². The fraction of sp³-hybridized carbons (Fsp3) is 0.389. The van der Waals surface area contributed by atoms with Crippen molar-refractivity contribution in [1.82, 2.24) is 10.0 Å². The molecule has 142 valence electrons. The second-order valence-electron chi connectivity index (χ2n) is 6.08. The zero-order chi connectivity index (χ0) is 19.2. The van der Waals surface area contributed by atoms with E-state index in [2.05, 4.69) is 10.0 Å². The maximum atomic E-state index is 12.6. The van der Waals surface area contributed by atoms with Crippen molar-refractivity contribution in [2.24, 2.45) is 5.73 Å². The lowest BCUT2D eigenvalue weighted by molar-refractivity contribution is 0.0895. The van der Waals surface area contributed by atoms with Crippen LogP contribution >= 0.6 is 11.3 Å². The number of amides is 1. The van der Waals surface area contributed by atoms with Gasteiger partial charge in [0.05, 0.1) is 10.4 Å². The number of thiophene rings is 1. The van der Waals surface area contributed by atoms with Gasteiger partial charge in [-0.2, -0.15) is 0 Å². The van der Waals surface area contributed by atoms with E-state index in [0.29, 0.717) is 24.9 Å². The van der Waals surface area contributed by atoms with Gasteiger partial charge in [0.2, 0.25) is 10.0 Å². The highest BCUT2D eigenvalue weighted by atomic mass is 32.2. The molecule has 0 bridgehead atoms. The summed E-state index contributed by atoms with van der Waals surface area (Å²) < 4.78 is 27.6. The maximum Gasteiger partial charge on any atom is 0.251 e. The van der Waals surface area contributed by atoms with Crippen molar-refractivity contribution >= 4 is 27.3 Å². The molecule has 0 fully saturated rings. The summed E-state index contributed by atoms with van der Waals surface area (Å²) in [6.07, 6.45) is 1.40. The van der Waals surface area contributed by atoms with Crippen molar-refractivity contribution in [3.63, 3.8) is 0 Å². The quantitative estimate of drug-likeness (QED) is 0.607. The maximum absolute atomic E-state index is 12.6. The van der Waals surface area contributed by atoms with Gasteiger partial charge in [0, 0.05) is 23.5 Å². The summed E-state index contributed by atoms with van der Waals surface area (Å²) >= 11 is 1.48. The molecule has 0 saturated heterocycles. The van der Waals surface area contributed by atoms with E-state index in [1.165, 1.54) is 23.5 Å². The zero-order valence-corrected chi connectivity index (χ0v) is 16.6. The first kappa shape index (κ1) is 20.6. The highest BCUT2D eigenvalue weighted by molar-refractivity contribution is 7.89. The fourth-order valence-electron chi connectivity index (χ4n) is 2.55. The molecule has 4 N–H and O–H groups in total. The van der Waals surface area contributed by atoms with Gasteiger partial charge >= 0.3 is 0 Å². The van der Waals surface area contributed by atoms with Crippen molar-refractivity contribution in [2.45, 2.75) is 43.7 Å². The Balaban J connectivity index is 2.17.